The van der Waals surface area contributed by atoms with E-state index in [1.165, 1.54) is 0 Å². The molecule has 1 aliphatic carbocycles. The highest BCUT2D eigenvalue weighted by molar-refractivity contribution is 6.53. The predicted molar refractivity (Wildman–Crippen MR) is 123 cm³/mol. The third-order valence-electron chi connectivity index (χ3n) is 6.26. The monoisotopic (exact) mass is 417 g/mol. The molecule has 0 radical (unpaired) electrons. The second-order valence-electron chi connectivity index (χ2n) is 8.19. The van der Waals surface area contributed by atoms with Crippen LogP contribution in [0.15, 0.2) is 84.4 Å². The number of Topliss-reactive ketones (excluding diaryl/α,β-unsaturated/α-hetero) is 2. The van der Waals surface area contributed by atoms with Crippen molar-refractivity contribution < 1.29 is 9.59 Å². The SMILES string of the molecule is Cc1ccc(C2C3=C(Nc4n[nH]c(-c5ccccc5)c42)c2ccccc2C(=O)C3=O)cc1. The van der Waals surface area contributed by atoms with E-state index in [4.69, 9.17) is 0 Å². The largest absolute Gasteiger partial charge is 0.338 e. The lowest BCUT2D eigenvalue weighted by Gasteiger charge is -2.32. The van der Waals surface area contributed by atoms with E-state index in [-0.39, 0.29) is 0 Å². The van der Waals surface area contributed by atoms with Crippen molar-refractivity contribution in [2.45, 2.75) is 12.8 Å². The number of benzene rings is 3. The van der Waals surface area contributed by atoms with Crippen molar-refractivity contribution in [2.24, 2.45) is 0 Å². The number of H-pyrrole nitrogens is 1. The fourth-order valence-electron chi connectivity index (χ4n) is 4.72. The van der Waals surface area contributed by atoms with Gasteiger partial charge >= 0.3 is 0 Å². The summed E-state index contributed by atoms with van der Waals surface area (Å²) < 4.78 is 0. The zero-order valence-electron chi connectivity index (χ0n) is 17.3. The first kappa shape index (κ1) is 18.5. The molecule has 1 unspecified atom stereocenters. The van der Waals surface area contributed by atoms with Gasteiger partial charge < -0.3 is 5.32 Å². The molecule has 5 heteroatoms. The molecule has 3 aromatic carbocycles. The summed E-state index contributed by atoms with van der Waals surface area (Å²) in [5.74, 6) is -0.681. The molecule has 5 nitrogen and oxygen atoms in total. The van der Waals surface area contributed by atoms with Crippen LogP contribution in [0, 0.1) is 6.92 Å². The number of nitrogens with zero attached hydrogens (tertiary/aromatic N) is 1. The van der Waals surface area contributed by atoms with Crippen molar-refractivity contribution in [3.05, 3.63) is 112 Å². The van der Waals surface area contributed by atoms with Crippen LogP contribution >= 0.6 is 0 Å². The molecule has 32 heavy (non-hydrogen) atoms. The van der Waals surface area contributed by atoms with E-state index >= 15 is 0 Å². The van der Waals surface area contributed by atoms with Crippen LogP contribution in [0.1, 0.15) is 38.5 Å². The molecular formula is C27H19N3O2. The van der Waals surface area contributed by atoms with E-state index in [0.29, 0.717) is 22.7 Å². The Labute approximate surface area is 184 Å². The Balaban J connectivity index is 1.66. The van der Waals surface area contributed by atoms with Gasteiger partial charge in [-0.25, -0.2) is 0 Å². The molecule has 0 bridgehead atoms. The van der Waals surface area contributed by atoms with Gasteiger partial charge in [0.1, 0.15) is 0 Å². The minimum atomic E-state index is -0.470. The van der Waals surface area contributed by atoms with Crippen LogP contribution in [-0.2, 0) is 4.79 Å². The molecule has 0 saturated heterocycles. The van der Waals surface area contributed by atoms with E-state index in [0.717, 1.165) is 33.5 Å². The minimum absolute atomic E-state index is 0.416. The van der Waals surface area contributed by atoms with Gasteiger partial charge in [0.2, 0.25) is 11.6 Å². The van der Waals surface area contributed by atoms with Crippen LogP contribution in [0.2, 0.25) is 0 Å². The summed E-state index contributed by atoms with van der Waals surface area (Å²) >= 11 is 0. The first-order valence-corrected chi connectivity index (χ1v) is 10.5. The smallest absolute Gasteiger partial charge is 0.233 e. The standard InChI is InChI=1S/C27H19N3O2/c1-15-11-13-16(14-12-15)20-21-24(18-9-5-6-10-19(18)25(31)26(21)32)28-27-22(20)23(29-30-27)17-7-3-2-4-8-17/h2-14,20H,1H3,(H2,28,29,30). The molecule has 0 saturated carbocycles. The van der Waals surface area contributed by atoms with Crippen LogP contribution in [-0.4, -0.2) is 21.8 Å². The number of aromatic amines is 1. The first-order valence-electron chi connectivity index (χ1n) is 10.5. The number of anilines is 1. The van der Waals surface area contributed by atoms with Gasteiger partial charge in [0, 0.05) is 28.2 Å². The number of nitrogens with one attached hydrogen (secondary N) is 2. The number of rotatable bonds is 2. The number of ketones is 2. The van der Waals surface area contributed by atoms with Gasteiger partial charge in [-0.1, -0.05) is 84.4 Å². The fraction of sp³-hybridized carbons (Fsp3) is 0.0741. The Morgan fingerprint density at radius 3 is 2.22 bits per heavy atom. The van der Waals surface area contributed by atoms with Crippen LogP contribution in [0.25, 0.3) is 17.0 Å². The number of aromatic nitrogens is 2. The topological polar surface area (TPSA) is 74.8 Å². The maximum Gasteiger partial charge on any atom is 0.233 e. The highest BCUT2D eigenvalue weighted by atomic mass is 16.2. The Morgan fingerprint density at radius 1 is 0.781 bits per heavy atom. The van der Waals surface area contributed by atoms with Crippen molar-refractivity contribution >= 4 is 23.1 Å². The van der Waals surface area contributed by atoms with Gasteiger partial charge in [0.25, 0.3) is 0 Å². The van der Waals surface area contributed by atoms with Crippen LogP contribution in [0.4, 0.5) is 5.82 Å². The normalized spacial score (nSPS) is 16.8. The lowest BCUT2D eigenvalue weighted by Crippen LogP contribution is -2.32. The zero-order chi connectivity index (χ0) is 21.8. The lowest BCUT2D eigenvalue weighted by atomic mass is 9.73. The second-order valence-corrected chi connectivity index (χ2v) is 8.19. The highest BCUT2D eigenvalue weighted by Crippen LogP contribution is 2.49. The van der Waals surface area contributed by atoms with E-state index in [1.54, 1.807) is 12.1 Å². The summed E-state index contributed by atoms with van der Waals surface area (Å²) in [5.41, 5.74) is 7.06. The van der Waals surface area contributed by atoms with Crippen LogP contribution in [0.5, 0.6) is 0 Å². The minimum Gasteiger partial charge on any atom is -0.338 e. The molecule has 0 fully saturated rings. The third-order valence-corrected chi connectivity index (χ3v) is 6.26. The maximum absolute atomic E-state index is 13.5. The third kappa shape index (κ3) is 2.61. The molecular weight excluding hydrogens is 398 g/mol. The molecule has 1 atom stereocenters. The summed E-state index contributed by atoms with van der Waals surface area (Å²) in [4.78, 5) is 26.5. The predicted octanol–water partition coefficient (Wildman–Crippen LogP) is 5.12. The summed E-state index contributed by atoms with van der Waals surface area (Å²) in [6.07, 6.45) is 0. The highest BCUT2D eigenvalue weighted by Gasteiger charge is 2.43. The molecule has 2 N–H and O–H groups in total. The molecule has 6 rings (SSSR count). The van der Waals surface area contributed by atoms with Crippen molar-refractivity contribution in [1.82, 2.24) is 10.2 Å². The molecule has 0 amide bonds. The molecule has 154 valence electrons. The Bertz CT molecular complexity index is 1430. The molecule has 0 spiro atoms. The van der Waals surface area contributed by atoms with Crippen LogP contribution < -0.4 is 5.32 Å². The van der Waals surface area contributed by atoms with Crippen molar-refractivity contribution in [1.29, 1.82) is 0 Å². The van der Waals surface area contributed by atoms with Gasteiger partial charge in [-0.05, 0) is 18.1 Å². The summed E-state index contributed by atoms with van der Waals surface area (Å²) in [7, 11) is 0. The molecule has 4 aromatic rings. The fourth-order valence-corrected chi connectivity index (χ4v) is 4.72. The number of hydrogen-bond donors (Lipinski definition) is 2. The molecule has 1 aliphatic heterocycles. The summed E-state index contributed by atoms with van der Waals surface area (Å²) in [6, 6.07) is 25.3. The number of carbonyl (C=O) groups is 2. The van der Waals surface area contributed by atoms with E-state index < -0.39 is 17.5 Å². The molecule has 2 heterocycles. The zero-order valence-corrected chi connectivity index (χ0v) is 17.3. The average molecular weight is 417 g/mol. The second kappa shape index (κ2) is 6.89. The first-order chi connectivity index (χ1) is 15.6. The van der Waals surface area contributed by atoms with Crippen LogP contribution in [0.3, 0.4) is 0 Å². The Hall–Kier alpha value is -4.25. The van der Waals surface area contributed by atoms with Gasteiger partial charge in [-0.3, -0.25) is 14.7 Å². The lowest BCUT2D eigenvalue weighted by molar-refractivity contribution is -0.112. The van der Waals surface area contributed by atoms with E-state index in [2.05, 4.69) is 15.5 Å². The van der Waals surface area contributed by atoms with Gasteiger partial charge in [0.05, 0.1) is 11.4 Å². The van der Waals surface area contributed by atoms with Crippen molar-refractivity contribution in [3.8, 4) is 11.3 Å². The average Bonchev–Trinajstić information content (AvgIpc) is 3.26. The Kier molecular flexibility index (Phi) is 3.98. The van der Waals surface area contributed by atoms with Gasteiger partial charge in [-0.2, -0.15) is 5.10 Å². The number of aryl methyl sites for hydroxylation is 1. The summed E-state index contributed by atoms with van der Waals surface area (Å²) in [5, 5.41) is 11.1. The number of carbonyl (C=O) groups excluding carboxylic acids is 2. The summed E-state index contributed by atoms with van der Waals surface area (Å²) in [6.45, 7) is 2.03. The van der Waals surface area contributed by atoms with E-state index in [9.17, 15) is 9.59 Å². The molecule has 2 aliphatic rings. The number of fused-ring (bicyclic) bond motifs is 3. The van der Waals surface area contributed by atoms with E-state index in [1.807, 2.05) is 73.7 Å². The van der Waals surface area contributed by atoms with Crippen molar-refractivity contribution in [3.63, 3.8) is 0 Å². The Morgan fingerprint density at radius 2 is 1.47 bits per heavy atom. The molecule has 1 aromatic heterocycles. The van der Waals surface area contributed by atoms with Gasteiger partial charge in [-0.15, -0.1) is 0 Å². The number of allylic oxidation sites excluding steroid dienone is 1. The quantitative estimate of drug-likeness (QED) is 0.444. The van der Waals surface area contributed by atoms with Crippen molar-refractivity contribution in [2.75, 3.05) is 5.32 Å². The maximum atomic E-state index is 13.5. The number of hydrogen-bond acceptors (Lipinski definition) is 4. The van der Waals surface area contributed by atoms with Gasteiger partial charge in [0.15, 0.2) is 5.82 Å².